The van der Waals surface area contributed by atoms with Gasteiger partial charge >= 0.3 is 6.11 Å². The number of morpholine rings is 1. The molecule has 0 spiro atoms. The standard InChI is InChI=1S/C9H17F2NO2/c1-8(2,3)13-5-7-4-12-6-9(10,11)14-7/h7,12H,4-6H2,1-3H3. The number of alkyl halides is 2. The maximum Gasteiger partial charge on any atom is 0.368 e. The van der Waals surface area contributed by atoms with E-state index < -0.39 is 18.8 Å². The summed E-state index contributed by atoms with van der Waals surface area (Å²) in [6.07, 6.45) is -3.64. The summed E-state index contributed by atoms with van der Waals surface area (Å²) in [6.45, 7) is 5.81. The topological polar surface area (TPSA) is 30.5 Å². The van der Waals surface area contributed by atoms with Gasteiger partial charge in [-0.1, -0.05) is 0 Å². The van der Waals surface area contributed by atoms with Crippen LogP contribution in [-0.4, -0.2) is 37.5 Å². The van der Waals surface area contributed by atoms with E-state index in [0.717, 1.165) is 0 Å². The fraction of sp³-hybridized carbons (Fsp3) is 1.00. The highest BCUT2D eigenvalue weighted by molar-refractivity contribution is 4.74. The second-order valence-corrected chi connectivity index (χ2v) is 4.43. The third-order valence-electron chi connectivity index (χ3n) is 1.74. The van der Waals surface area contributed by atoms with Crippen molar-refractivity contribution in [2.45, 2.75) is 38.6 Å². The summed E-state index contributed by atoms with van der Waals surface area (Å²) in [4.78, 5) is 0. The monoisotopic (exact) mass is 209 g/mol. The van der Waals surface area contributed by atoms with Crippen LogP contribution in [-0.2, 0) is 9.47 Å². The molecule has 0 aromatic rings. The zero-order valence-electron chi connectivity index (χ0n) is 8.77. The van der Waals surface area contributed by atoms with Crippen molar-refractivity contribution in [3.8, 4) is 0 Å². The van der Waals surface area contributed by atoms with Crippen LogP contribution in [0.4, 0.5) is 8.78 Å². The van der Waals surface area contributed by atoms with Crippen molar-refractivity contribution in [2.75, 3.05) is 19.7 Å². The Hall–Kier alpha value is -0.260. The third kappa shape index (κ3) is 4.30. The van der Waals surface area contributed by atoms with Crippen LogP contribution in [0.25, 0.3) is 0 Å². The van der Waals surface area contributed by atoms with E-state index in [0.29, 0.717) is 6.54 Å². The first kappa shape index (κ1) is 11.8. The molecule has 1 aliphatic rings. The lowest BCUT2D eigenvalue weighted by atomic mass is 10.2. The Morgan fingerprint density at radius 2 is 2.14 bits per heavy atom. The van der Waals surface area contributed by atoms with Gasteiger partial charge in [0.05, 0.1) is 24.9 Å². The van der Waals surface area contributed by atoms with Crippen molar-refractivity contribution in [3.05, 3.63) is 0 Å². The quantitative estimate of drug-likeness (QED) is 0.745. The molecule has 1 heterocycles. The number of ether oxygens (including phenoxy) is 2. The van der Waals surface area contributed by atoms with E-state index in [-0.39, 0.29) is 12.2 Å². The molecular weight excluding hydrogens is 192 g/mol. The lowest BCUT2D eigenvalue weighted by Crippen LogP contribution is -2.51. The second-order valence-electron chi connectivity index (χ2n) is 4.43. The second kappa shape index (κ2) is 4.08. The van der Waals surface area contributed by atoms with E-state index in [9.17, 15) is 8.78 Å². The van der Waals surface area contributed by atoms with Crippen molar-refractivity contribution in [2.24, 2.45) is 0 Å². The van der Waals surface area contributed by atoms with E-state index in [1.54, 1.807) is 0 Å². The van der Waals surface area contributed by atoms with Crippen molar-refractivity contribution in [3.63, 3.8) is 0 Å². The molecule has 1 saturated heterocycles. The molecule has 1 rings (SSSR count). The van der Waals surface area contributed by atoms with Gasteiger partial charge in [0, 0.05) is 6.54 Å². The number of rotatable bonds is 2. The smallest absolute Gasteiger partial charge is 0.368 e. The largest absolute Gasteiger partial charge is 0.373 e. The van der Waals surface area contributed by atoms with E-state index in [2.05, 4.69) is 10.1 Å². The number of hydrogen-bond acceptors (Lipinski definition) is 3. The molecule has 0 radical (unpaired) electrons. The molecule has 0 aromatic heterocycles. The van der Waals surface area contributed by atoms with Gasteiger partial charge < -0.3 is 14.8 Å². The van der Waals surface area contributed by atoms with Gasteiger partial charge in [0.15, 0.2) is 0 Å². The lowest BCUT2D eigenvalue weighted by molar-refractivity contribution is -0.283. The number of hydrogen-bond donors (Lipinski definition) is 1. The van der Waals surface area contributed by atoms with Crippen LogP contribution in [0.5, 0.6) is 0 Å². The van der Waals surface area contributed by atoms with Crippen LogP contribution in [0.15, 0.2) is 0 Å². The van der Waals surface area contributed by atoms with Crippen LogP contribution in [0.3, 0.4) is 0 Å². The summed E-state index contributed by atoms with van der Waals surface area (Å²) in [7, 11) is 0. The fourth-order valence-electron chi connectivity index (χ4n) is 1.14. The Kier molecular flexibility index (Phi) is 3.44. The summed E-state index contributed by atoms with van der Waals surface area (Å²) in [5, 5.41) is 2.61. The Labute approximate surface area is 82.8 Å². The molecule has 14 heavy (non-hydrogen) atoms. The molecule has 0 bridgehead atoms. The van der Waals surface area contributed by atoms with Crippen LogP contribution in [0.2, 0.25) is 0 Å². The molecule has 1 aliphatic heterocycles. The molecule has 3 nitrogen and oxygen atoms in total. The maximum atomic E-state index is 12.7. The first-order valence-electron chi connectivity index (χ1n) is 4.69. The summed E-state index contributed by atoms with van der Waals surface area (Å²) in [5.74, 6) is 0. The van der Waals surface area contributed by atoms with E-state index >= 15 is 0 Å². The molecule has 0 saturated carbocycles. The Bertz CT molecular complexity index is 192. The van der Waals surface area contributed by atoms with E-state index in [1.807, 2.05) is 20.8 Å². The molecule has 0 amide bonds. The van der Waals surface area contributed by atoms with Crippen LogP contribution in [0.1, 0.15) is 20.8 Å². The van der Waals surface area contributed by atoms with Gasteiger partial charge in [0.2, 0.25) is 0 Å². The van der Waals surface area contributed by atoms with Crippen molar-refractivity contribution >= 4 is 0 Å². The number of halogens is 2. The predicted molar refractivity (Wildman–Crippen MR) is 48.4 cm³/mol. The van der Waals surface area contributed by atoms with Gasteiger partial charge in [0.25, 0.3) is 0 Å². The SMILES string of the molecule is CC(C)(C)OCC1CNCC(F)(F)O1. The normalized spacial score (nSPS) is 27.6. The van der Waals surface area contributed by atoms with E-state index in [1.165, 1.54) is 0 Å². The van der Waals surface area contributed by atoms with Gasteiger partial charge in [-0.25, -0.2) is 0 Å². The summed E-state index contributed by atoms with van der Waals surface area (Å²) in [5.41, 5.74) is -0.323. The minimum atomic E-state index is -3.07. The molecule has 0 aromatic carbocycles. The van der Waals surface area contributed by atoms with Crippen molar-refractivity contribution in [1.29, 1.82) is 0 Å². The van der Waals surface area contributed by atoms with Gasteiger partial charge in [-0.15, -0.1) is 0 Å². The summed E-state index contributed by atoms with van der Waals surface area (Å²) in [6, 6.07) is 0. The average molecular weight is 209 g/mol. The van der Waals surface area contributed by atoms with Crippen molar-refractivity contribution < 1.29 is 18.3 Å². The van der Waals surface area contributed by atoms with Gasteiger partial charge in [-0.2, -0.15) is 8.78 Å². The van der Waals surface area contributed by atoms with Gasteiger partial charge in [-0.05, 0) is 20.8 Å². The highest BCUT2D eigenvalue weighted by Crippen LogP contribution is 2.21. The van der Waals surface area contributed by atoms with Crippen LogP contribution >= 0.6 is 0 Å². The average Bonchev–Trinajstić information content (AvgIpc) is 1.98. The first-order chi connectivity index (χ1) is 6.29. The van der Waals surface area contributed by atoms with Crippen LogP contribution in [0, 0.1) is 0 Å². The Morgan fingerprint density at radius 1 is 1.50 bits per heavy atom. The number of nitrogens with one attached hydrogen (secondary N) is 1. The lowest BCUT2D eigenvalue weighted by Gasteiger charge is -2.32. The Balaban J connectivity index is 2.32. The first-order valence-corrected chi connectivity index (χ1v) is 4.69. The molecule has 0 aliphatic carbocycles. The summed E-state index contributed by atoms with van der Waals surface area (Å²) < 4.78 is 35.4. The molecule has 1 atom stereocenters. The summed E-state index contributed by atoms with van der Waals surface area (Å²) >= 11 is 0. The minimum Gasteiger partial charge on any atom is -0.373 e. The minimum absolute atomic E-state index is 0.187. The molecular formula is C9H17F2NO2. The molecule has 1 N–H and O–H groups in total. The van der Waals surface area contributed by atoms with Gasteiger partial charge in [-0.3, -0.25) is 0 Å². The molecule has 1 fully saturated rings. The maximum absolute atomic E-state index is 12.7. The zero-order chi connectivity index (χ0) is 10.8. The van der Waals surface area contributed by atoms with Gasteiger partial charge in [0.1, 0.15) is 0 Å². The Morgan fingerprint density at radius 3 is 2.64 bits per heavy atom. The molecule has 84 valence electrons. The molecule has 1 unspecified atom stereocenters. The highest BCUT2D eigenvalue weighted by atomic mass is 19.3. The fourth-order valence-corrected chi connectivity index (χ4v) is 1.14. The predicted octanol–water partition coefficient (Wildman–Crippen LogP) is 1.38. The third-order valence-corrected chi connectivity index (χ3v) is 1.74. The zero-order valence-corrected chi connectivity index (χ0v) is 8.77. The highest BCUT2D eigenvalue weighted by Gasteiger charge is 2.37. The van der Waals surface area contributed by atoms with E-state index in [4.69, 9.17) is 4.74 Å². The van der Waals surface area contributed by atoms with Crippen LogP contribution < -0.4 is 5.32 Å². The van der Waals surface area contributed by atoms with Crippen molar-refractivity contribution in [1.82, 2.24) is 5.32 Å². The molecule has 5 heteroatoms.